The summed E-state index contributed by atoms with van der Waals surface area (Å²) >= 11 is 1.44. The first kappa shape index (κ1) is 13.5. The number of rotatable bonds is 6. The molecule has 1 aliphatic carbocycles. The number of likely N-dealkylation sites (N-methyl/N-ethyl adjacent to an activating group) is 1. The average molecular weight is 291 g/mol. The van der Waals surface area contributed by atoms with Crippen LogP contribution in [0.4, 0.5) is 5.69 Å². The van der Waals surface area contributed by atoms with E-state index in [1.165, 1.54) is 24.2 Å². The van der Waals surface area contributed by atoms with Gasteiger partial charge in [-0.25, -0.2) is 4.98 Å². The third-order valence-electron chi connectivity index (χ3n) is 3.84. The second-order valence-corrected chi connectivity index (χ2v) is 6.12. The minimum absolute atomic E-state index is 0.187. The lowest BCUT2D eigenvalue weighted by atomic mass is 10.00. The molecule has 0 spiro atoms. The Morgan fingerprint density at radius 2 is 2.35 bits per heavy atom. The molecule has 1 fully saturated rings. The van der Waals surface area contributed by atoms with E-state index in [1.54, 1.807) is 5.51 Å². The zero-order valence-corrected chi connectivity index (χ0v) is 12.2. The number of benzene rings is 1. The number of nitrogens with zero attached hydrogens (tertiary/aromatic N) is 2. The summed E-state index contributed by atoms with van der Waals surface area (Å²) in [7, 11) is 0. The van der Waals surface area contributed by atoms with Gasteiger partial charge in [0.15, 0.2) is 5.52 Å². The number of hydrogen-bond acceptors (Lipinski definition) is 5. The normalized spacial score (nSPS) is 16.4. The Morgan fingerprint density at radius 3 is 3.00 bits per heavy atom. The molecular weight excluding hydrogens is 274 g/mol. The van der Waals surface area contributed by atoms with E-state index in [9.17, 15) is 10.1 Å². The smallest absolute Gasteiger partial charge is 0.299 e. The van der Waals surface area contributed by atoms with Gasteiger partial charge in [0.25, 0.3) is 5.69 Å². The predicted octanol–water partition coefficient (Wildman–Crippen LogP) is 3.14. The largest absolute Gasteiger partial charge is 0.314 e. The number of thiazole rings is 1. The molecule has 1 heterocycles. The molecule has 1 aromatic heterocycles. The highest BCUT2D eigenvalue weighted by Gasteiger charge is 2.32. The summed E-state index contributed by atoms with van der Waals surface area (Å²) in [5, 5.41) is 14.9. The van der Waals surface area contributed by atoms with Crippen LogP contribution in [0.15, 0.2) is 17.6 Å². The van der Waals surface area contributed by atoms with Crippen LogP contribution in [0, 0.1) is 16.0 Å². The molecule has 0 saturated heterocycles. The van der Waals surface area contributed by atoms with E-state index in [4.69, 9.17) is 0 Å². The number of nitro benzene ring substituents is 1. The quantitative estimate of drug-likeness (QED) is 0.656. The Balaban J connectivity index is 1.97. The SMILES string of the molecule is CCNC(Cc1ccc2scnc2c1[N+](=O)[O-])C1CC1. The molecule has 0 aliphatic heterocycles. The Labute approximate surface area is 121 Å². The van der Waals surface area contributed by atoms with Gasteiger partial charge < -0.3 is 5.32 Å². The second-order valence-electron chi connectivity index (χ2n) is 5.24. The Kier molecular flexibility index (Phi) is 3.67. The Hall–Kier alpha value is -1.53. The van der Waals surface area contributed by atoms with E-state index < -0.39 is 0 Å². The number of fused-ring (bicyclic) bond motifs is 1. The zero-order chi connectivity index (χ0) is 14.1. The number of nitro groups is 1. The molecule has 0 radical (unpaired) electrons. The average Bonchev–Trinajstić information content (AvgIpc) is 3.15. The summed E-state index contributed by atoms with van der Waals surface area (Å²) in [6.45, 7) is 2.97. The van der Waals surface area contributed by atoms with Crippen LogP contribution >= 0.6 is 11.3 Å². The Bertz CT molecular complexity index is 636. The third-order valence-corrected chi connectivity index (χ3v) is 4.63. The number of aromatic nitrogens is 1. The second kappa shape index (κ2) is 5.46. The summed E-state index contributed by atoms with van der Waals surface area (Å²) < 4.78 is 0.881. The van der Waals surface area contributed by atoms with Crippen molar-refractivity contribution < 1.29 is 4.92 Å². The van der Waals surface area contributed by atoms with Gasteiger partial charge in [0.05, 0.1) is 15.1 Å². The van der Waals surface area contributed by atoms with Crippen molar-refractivity contribution in [1.29, 1.82) is 0 Å². The Morgan fingerprint density at radius 1 is 1.55 bits per heavy atom. The molecule has 0 amide bonds. The fourth-order valence-electron chi connectivity index (χ4n) is 2.73. The molecule has 1 unspecified atom stereocenters. The van der Waals surface area contributed by atoms with Crippen molar-refractivity contribution in [2.24, 2.45) is 5.92 Å². The predicted molar refractivity (Wildman–Crippen MR) is 80.2 cm³/mol. The lowest BCUT2D eigenvalue weighted by Crippen LogP contribution is -2.33. The van der Waals surface area contributed by atoms with Crippen LogP contribution in [0.2, 0.25) is 0 Å². The summed E-state index contributed by atoms with van der Waals surface area (Å²) in [4.78, 5) is 15.3. The van der Waals surface area contributed by atoms with Crippen LogP contribution in [0.25, 0.3) is 10.2 Å². The molecule has 106 valence electrons. The maximum absolute atomic E-state index is 11.4. The zero-order valence-electron chi connectivity index (χ0n) is 11.3. The van der Waals surface area contributed by atoms with Gasteiger partial charge in [-0.05, 0) is 37.8 Å². The molecule has 3 rings (SSSR count). The van der Waals surface area contributed by atoms with Crippen LogP contribution in [-0.2, 0) is 6.42 Å². The molecule has 1 saturated carbocycles. The summed E-state index contributed by atoms with van der Waals surface area (Å²) in [6, 6.07) is 4.19. The van der Waals surface area contributed by atoms with Crippen molar-refractivity contribution in [3.8, 4) is 0 Å². The molecule has 5 nitrogen and oxygen atoms in total. The molecule has 0 bridgehead atoms. The van der Waals surface area contributed by atoms with Crippen LogP contribution < -0.4 is 5.32 Å². The minimum atomic E-state index is -0.284. The minimum Gasteiger partial charge on any atom is -0.314 e. The van der Waals surface area contributed by atoms with Crippen LogP contribution in [0.1, 0.15) is 25.3 Å². The van der Waals surface area contributed by atoms with Crippen molar-refractivity contribution in [2.75, 3.05) is 6.54 Å². The van der Waals surface area contributed by atoms with Crippen LogP contribution in [0.3, 0.4) is 0 Å². The van der Waals surface area contributed by atoms with E-state index >= 15 is 0 Å². The monoisotopic (exact) mass is 291 g/mol. The molecule has 2 aromatic rings. The highest BCUT2D eigenvalue weighted by Crippen LogP contribution is 2.37. The number of hydrogen-bond donors (Lipinski definition) is 1. The van der Waals surface area contributed by atoms with E-state index in [0.717, 1.165) is 16.8 Å². The standard InChI is InChI=1S/C14H17N3O2S/c1-2-15-11(9-3-4-9)7-10-5-6-12-13(16-8-20-12)14(10)17(18)19/h5-6,8-9,11,15H,2-4,7H2,1H3. The van der Waals surface area contributed by atoms with Gasteiger partial charge in [0.2, 0.25) is 0 Å². The van der Waals surface area contributed by atoms with Gasteiger partial charge in [0.1, 0.15) is 0 Å². The molecule has 1 aliphatic rings. The van der Waals surface area contributed by atoms with E-state index in [1.807, 2.05) is 12.1 Å². The maximum Gasteiger partial charge on any atom is 0.299 e. The molecule has 20 heavy (non-hydrogen) atoms. The third kappa shape index (κ3) is 2.53. The first-order valence-electron chi connectivity index (χ1n) is 6.93. The van der Waals surface area contributed by atoms with Crippen molar-refractivity contribution in [1.82, 2.24) is 10.3 Å². The van der Waals surface area contributed by atoms with E-state index in [0.29, 0.717) is 23.9 Å². The van der Waals surface area contributed by atoms with Crippen LogP contribution in [0.5, 0.6) is 0 Å². The van der Waals surface area contributed by atoms with Gasteiger partial charge >= 0.3 is 0 Å². The van der Waals surface area contributed by atoms with Gasteiger partial charge in [-0.3, -0.25) is 10.1 Å². The fraction of sp³-hybridized carbons (Fsp3) is 0.500. The first-order valence-corrected chi connectivity index (χ1v) is 7.81. The van der Waals surface area contributed by atoms with Crippen molar-refractivity contribution in [3.63, 3.8) is 0 Å². The molecule has 6 heteroatoms. The summed E-state index contributed by atoms with van der Waals surface area (Å²) in [6.07, 6.45) is 3.16. The highest BCUT2D eigenvalue weighted by molar-refractivity contribution is 7.16. The lowest BCUT2D eigenvalue weighted by molar-refractivity contribution is -0.383. The van der Waals surface area contributed by atoms with Gasteiger partial charge in [-0.1, -0.05) is 13.0 Å². The van der Waals surface area contributed by atoms with E-state index in [2.05, 4.69) is 17.2 Å². The fourth-order valence-corrected chi connectivity index (χ4v) is 3.41. The molecule has 1 atom stereocenters. The maximum atomic E-state index is 11.4. The van der Waals surface area contributed by atoms with Crippen molar-refractivity contribution in [2.45, 2.75) is 32.2 Å². The first-order chi connectivity index (χ1) is 9.70. The summed E-state index contributed by atoms with van der Waals surface area (Å²) in [5.74, 6) is 0.667. The van der Waals surface area contributed by atoms with Gasteiger partial charge in [-0.2, -0.15) is 0 Å². The van der Waals surface area contributed by atoms with Crippen molar-refractivity contribution in [3.05, 3.63) is 33.3 Å². The molecule has 1 N–H and O–H groups in total. The lowest BCUT2D eigenvalue weighted by Gasteiger charge is -2.17. The van der Waals surface area contributed by atoms with Crippen LogP contribution in [-0.4, -0.2) is 22.5 Å². The van der Waals surface area contributed by atoms with E-state index in [-0.39, 0.29) is 10.6 Å². The topological polar surface area (TPSA) is 68.1 Å². The summed E-state index contributed by atoms with van der Waals surface area (Å²) in [5.41, 5.74) is 3.19. The molecular formula is C14H17N3O2S. The van der Waals surface area contributed by atoms with Crippen molar-refractivity contribution >= 4 is 27.2 Å². The number of nitrogens with one attached hydrogen (secondary N) is 1. The van der Waals surface area contributed by atoms with Gasteiger partial charge in [0, 0.05) is 11.6 Å². The molecule has 1 aromatic carbocycles. The highest BCUT2D eigenvalue weighted by atomic mass is 32.1. The van der Waals surface area contributed by atoms with Gasteiger partial charge in [-0.15, -0.1) is 11.3 Å².